The van der Waals surface area contributed by atoms with Crippen molar-refractivity contribution in [3.63, 3.8) is 0 Å². The summed E-state index contributed by atoms with van der Waals surface area (Å²) in [6.07, 6.45) is 2.47. The summed E-state index contributed by atoms with van der Waals surface area (Å²) in [5, 5.41) is 0. The highest BCUT2D eigenvalue weighted by atomic mass is 32.2. The number of sulfonamides is 1. The molecule has 1 N–H and O–H groups in total. The van der Waals surface area contributed by atoms with Crippen LogP contribution in [0.5, 0.6) is 5.75 Å². The van der Waals surface area contributed by atoms with Crippen LogP contribution in [0.2, 0.25) is 0 Å². The van der Waals surface area contributed by atoms with Gasteiger partial charge in [-0.15, -0.1) is 0 Å². The van der Waals surface area contributed by atoms with Crippen molar-refractivity contribution in [2.45, 2.75) is 45.6 Å². The van der Waals surface area contributed by atoms with Gasteiger partial charge in [-0.1, -0.05) is 19.9 Å². The Morgan fingerprint density at radius 1 is 1.19 bits per heavy atom. The van der Waals surface area contributed by atoms with Gasteiger partial charge in [-0.2, -0.15) is 0 Å². The summed E-state index contributed by atoms with van der Waals surface area (Å²) in [6.45, 7) is 9.14. The zero-order valence-electron chi connectivity index (χ0n) is 17.0. The quantitative estimate of drug-likeness (QED) is 0.533. The van der Waals surface area contributed by atoms with Crippen LogP contribution in [0.25, 0.3) is 0 Å². The van der Waals surface area contributed by atoms with Crippen molar-refractivity contribution < 1.29 is 27.4 Å². The molecule has 0 aliphatic carbocycles. The Morgan fingerprint density at radius 3 is 2.33 bits per heavy atom. The van der Waals surface area contributed by atoms with Gasteiger partial charge in [0.15, 0.2) is 0 Å². The molecule has 0 unspecified atom stereocenters. The molecule has 7 nitrogen and oxygen atoms in total. The van der Waals surface area contributed by atoms with E-state index in [1.165, 1.54) is 7.11 Å². The van der Waals surface area contributed by atoms with Crippen LogP contribution in [-0.4, -0.2) is 41.4 Å². The second-order valence-electron chi connectivity index (χ2n) is 6.56. The van der Waals surface area contributed by atoms with E-state index in [0.717, 1.165) is 5.56 Å². The number of carbonyl (C=O) groups excluding carboxylic acids is 1. The maximum atomic E-state index is 13.0. The highest BCUT2D eigenvalue weighted by Crippen LogP contribution is 2.30. The molecular weight excluding hydrogens is 370 g/mol. The third kappa shape index (κ3) is 5.97. The minimum Gasteiger partial charge on any atom is -0.496 e. The molecule has 1 aromatic rings. The Balaban J connectivity index is 3.11. The molecule has 0 aromatic heterocycles. The summed E-state index contributed by atoms with van der Waals surface area (Å²) in [5.41, 5.74) is 2.05. The maximum absolute atomic E-state index is 13.0. The summed E-state index contributed by atoms with van der Waals surface area (Å²) in [4.78, 5) is 11.2. The fraction of sp³-hybridized carbons (Fsp3) is 0.526. The predicted molar refractivity (Wildman–Crippen MR) is 104 cm³/mol. The summed E-state index contributed by atoms with van der Waals surface area (Å²) >= 11 is 0. The lowest BCUT2D eigenvalue weighted by atomic mass is 10.1. The smallest absolute Gasteiger partial charge is 0.496 e. The van der Waals surface area contributed by atoms with Crippen molar-refractivity contribution in [3.05, 3.63) is 34.9 Å². The van der Waals surface area contributed by atoms with E-state index in [1.54, 1.807) is 39.2 Å². The highest BCUT2D eigenvalue weighted by Gasteiger charge is 2.26. The molecule has 0 heterocycles. The number of benzene rings is 1. The number of methoxy groups -OCH3 is 2. The van der Waals surface area contributed by atoms with Crippen LogP contribution in [0.15, 0.2) is 23.1 Å². The number of hydrogen-bond donors (Lipinski definition) is 1. The summed E-state index contributed by atoms with van der Waals surface area (Å²) in [5.74, 6) is 0.651. The number of aryl methyl sites for hydroxylation is 1. The van der Waals surface area contributed by atoms with Gasteiger partial charge in [0, 0.05) is 6.04 Å². The van der Waals surface area contributed by atoms with Crippen LogP contribution < -0.4 is 9.46 Å². The summed E-state index contributed by atoms with van der Waals surface area (Å²) < 4.78 is 43.3. The Labute approximate surface area is 161 Å². The first kappa shape index (κ1) is 23.0. The second kappa shape index (κ2) is 9.75. The number of ether oxygens (including phenoxy) is 3. The van der Waals surface area contributed by atoms with E-state index in [-0.39, 0.29) is 17.4 Å². The molecule has 0 amide bonds. The lowest BCUT2D eigenvalue weighted by molar-refractivity contribution is 0.0817. The number of rotatable bonds is 8. The van der Waals surface area contributed by atoms with Gasteiger partial charge in [0.25, 0.3) is 0 Å². The highest BCUT2D eigenvalue weighted by molar-refractivity contribution is 7.89. The SMILES string of the molecule is COC(=O)OC/C=C\[C@@H](NS(=O)(=O)c1c(C)cc(OC)c(C)c1C)C(C)C. The molecule has 0 fully saturated rings. The molecule has 0 aliphatic rings. The zero-order chi connectivity index (χ0) is 20.8. The number of nitrogens with one attached hydrogen (secondary N) is 1. The van der Waals surface area contributed by atoms with E-state index in [4.69, 9.17) is 9.47 Å². The van der Waals surface area contributed by atoms with Crippen LogP contribution in [0.4, 0.5) is 4.79 Å². The fourth-order valence-electron chi connectivity index (χ4n) is 2.66. The number of hydrogen-bond acceptors (Lipinski definition) is 6. The average molecular weight is 400 g/mol. The first-order valence-corrected chi connectivity index (χ1v) is 10.1. The predicted octanol–water partition coefficient (Wildman–Crippen LogP) is 3.26. The van der Waals surface area contributed by atoms with Crippen LogP contribution in [0.3, 0.4) is 0 Å². The lowest BCUT2D eigenvalue weighted by Crippen LogP contribution is -2.37. The van der Waals surface area contributed by atoms with Crippen LogP contribution in [0.1, 0.15) is 30.5 Å². The molecule has 0 aliphatic heterocycles. The van der Waals surface area contributed by atoms with Crippen LogP contribution >= 0.6 is 0 Å². The summed E-state index contributed by atoms with van der Waals surface area (Å²) in [6, 6.07) is 1.26. The van der Waals surface area contributed by atoms with Gasteiger partial charge in [-0.3, -0.25) is 0 Å². The van der Waals surface area contributed by atoms with E-state index < -0.39 is 22.2 Å². The topological polar surface area (TPSA) is 90.9 Å². The monoisotopic (exact) mass is 399 g/mol. The van der Waals surface area contributed by atoms with Gasteiger partial charge in [-0.05, 0) is 55.5 Å². The van der Waals surface area contributed by atoms with Crippen molar-refractivity contribution in [1.29, 1.82) is 0 Å². The van der Waals surface area contributed by atoms with Crippen molar-refractivity contribution in [2.75, 3.05) is 20.8 Å². The van der Waals surface area contributed by atoms with E-state index in [1.807, 2.05) is 20.8 Å². The molecule has 27 heavy (non-hydrogen) atoms. The standard InChI is InChI=1S/C19H29NO6S/c1-12(2)16(9-8-10-26-19(21)25-7)20-27(22,23)18-13(3)11-17(24-6)14(4)15(18)5/h8-9,11-12,16,20H,10H2,1-7H3/b9-8-/t16-/m1/s1. The molecule has 1 rings (SSSR count). The third-order valence-corrected chi connectivity index (χ3v) is 6.03. The Bertz CT molecular complexity index is 799. The van der Waals surface area contributed by atoms with Crippen molar-refractivity contribution in [2.24, 2.45) is 5.92 Å². The molecule has 0 bridgehead atoms. The minimum atomic E-state index is -3.76. The van der Waals surface area contributed by atoms with E-state index in [2.05, 4.69) is 9.46 Å². The molecule has 0 saturated carbocycles. The molecular formula is C19H29NO6S. The van der Waals surface area contributed by atoms with Crippen LogP contribution in [0, 0.1) is 26.7 Å². The van der Waals surface area contributed by atoms with Gasteiger partial charge in [0.05, 0.1) is 19.1 Å². The van der Waals surface area contributed by atoms with Crippen molar-refractivity contribution in [3.8, 4) is 5.75 Å². The second-order valence-corrected chi connectivity index (χ2v) is 8.21. The van der Waals surface area contributed by atoms with Gasteiger partial charge in [0.1, 0.15) is 12.4 Å². The Kier molecular flexibility index (Phi) is 8.30. The van der Waals surface area contributed by atoms with E-state index in [0.29, 0.717) is 16.9 Å². The lowest BCUT2D eigenvalue weighted by Gasteiger charge is -2.22. The first-order valence-electron chi connectivity index (χ1n) is 8.59. The normalized spacial score (nSPS) is 13.0. The average Bonchev–Trinajstić information content (AvgIpc) is 2.59. The van der Waals surface area contributed by atoms with Gasteiger partial charge >= 0.3 is 6.16 Å². The molecule has 152 valence electrons. The maximum Gasteiger partial charge on any atom is 0.508 e. The molecule has 0 saturated heterocycles. The third-order valence-electron chi connectivity index (χ3n) is 4.28. The molecule has 8 heteroatoms. The minimum absolute atomic E-state index is 0.00266. The Hall–Kier alpha value is -2.06. The van der Waals surface area contributed by atoms with E-state index >= 15 is 0 Å². The molecule has 0 radical (unpaired) electrons. The molecule has 1 atom stereocenters. The molecule has 0 spiro atoms. The largest absolute Gasteiger partial charge is 0.508 e. The van der Waals surface area contributed by atoms with Crippen molar-refractivity contribution >= 4 is 16.2 Å². The molecule has 1 aromatic carbocycles. The first-order chi connectivity index (χ1) is 12.5. The van der Waals surface area contributed by atoms with Crippen LogP contribution in [-0.2, 0) is 19.5 Å². The number of carbonyl (C=O) groups is 1. The van der Waals surface area contributed by atoms with Gasteiger partial charge in [-0.25, -0.2) is 17.9 Å². The van der Waals surface area contributed by atoms with Gasteiger partial charge < -0.3 is 14.2 Å². The van der Waals surface area contributed by atoms with Crippen molar-refractivity contribution in [1.82, 2.24) is 4.72 Å². The zero-order valence-corrected chi connectivity index (χ0v) is 17.8. The Morgan fingerprint density at radius 2 is 1.81 bits per heavy atom. The van der Waals surface area contributed by atoms with E-state index in [9.17, 15) is 13.2 Å². The fourth-order valence-corrected chi connectivity index (χ4v) is 4.53. The van der Waals surface area contributed by atoms with Gasteiger partial charge in [0.2, 0.25) is 10.0 Å². The summed E-state index contributed by atoms with van der Waals surface area (Å²) in [7, 11) is -0.981.